The number of nitrogens with zero attached hydrogens (tertiary/aromatic N) is 2. The normalized spacial score (nSPS) is 16.0. The minimum atomic E-state index is -3.78. The Morgan fingerprint density at radius 3 is 1.50 bits per heavy atom. The molecule has 2 atom stereocenters. The van der Waals surface area contributed by atoms with Crippen molar-refractivity contribution in [1.82, 2.24) is 29.9 Å². The number of amides is 2. The molecule has 0 saturated carbocycles. The molecule has 4 aromatic rings. The maximum absolute atomic E-state index is 13.1. The van der Waals surface area contributed by atoms with Crippen LogP contribution in [0.1, 0.15) is 58.1 Å². The van der Waals surface area contributed by atoms with Crippen molar-refractivity contribution in [2.45, 2.75) is 47.6 Å². The summed E-state index contributed by atoms with van der Waals surface area (Å²) < 4.78 is 65.6. The Hall–Kier alpha value is -3.12. The molecule has 4 N–H and O–H groups in total. The first kappa shape index (κ1) is 60.1. The first-order chi connectivity index (χ1) is 35.8. The molecule has 0 saturated heterocycles. The number of sulfonamides is 1. The summed E-state index contributed by atoms with van der Waals surface area (Å²) in [5.74, 6) is -0.381. The van der Waals surface area contributed by atoms with Crippen LogP contribution in [0, 0.1) is 0 Å². The summed E-state index contributed by atoms with van der Waals surface area (Å²) in [6, 6.07) is 23.0. The van der Waals surface area contributed by atoms with Crippen LogP contribution < -0.4 is 20.1 Å². The molecule has 0 aliphatic carbocycles. The van der Waals surface area contributed by atoms with Gasteiger partial charge in [-0.15, -0.1) is 0 Å². The molecule has 2 amide bonds. The number of carbonyl (C=O) groups excluding carboxylic acids is 2. The maximum atomic E-state index is 13.1. The van der Waals surface area contributed by atoms with Crippen molar-refractivity contribution in [2.24, 2.45) is 0 Å². The Labute approximate surface area is 460 Å². The molecular weight excluding hydrogens is 1070 g/mol. The van der Waals surface area contributed by atoms with Crippen LogP contribution in [0.15, 0.2) is 82.6 Å². The summed E-state index contributed by atoms with van der Waals surface area (Å²) in [4.78, 5) is 30.0. The van der Waals surface area contributed by atoms with E-state index in [1.165, 1.54) is 11.1 Å². The molecule has 2 unspecified atom stereocenters. The number of nitrogens with one attached hydrogen (secondary N) is 4. The first-order valence-corrected chi connectivity index (χ1v) is 28.5. The summed E-state index contributed by atoms with van der Waals surface area (Å²) in [5, 5.41) is 8.00. The Kier molecular flexibility index (Phi) is 25.9. The van der Waals surface area contributed by atoms with Gasteiger partial charge in [-0.2, -0.15) is 0 Å². The molecule has 22 heteroatoms. The number of halogens is 4. The molecular formula is C52H68Cl4N6O10S2. The van der Waals surface area contributed by atoms with Crippen molar-refractivity contribution in [1.29, 1.82) is 0 Å². The molecule has 4 aromatic carbocycles. The number of hydrogen-bond donors (Lipinski definition) is 4. The van der Waals surface area contributed by atoms with Gasteiger partial charge in [0.25, 0.3) is 0 Å². The van der Waals surface area contributed by atoms with Gasteiger partial charge in [0, 0.05) is 102 Å². The second kappa shape index (κ2) is 31.9. The molecule has 406 valence electrons. The number of benzene rings is 4. The van der Waals surface area contributed by atoms with Crippen LogP contribution in [0.3, 0.4) is 0 Å². The van der Waals surface area contributed by atoms with E-state index in [0.29, 0.717) is 119 Å². The topological polar surface area (TPSA) is 178 Å². The predicted octanol–water partition coefficient (Wildman–Crippen LogP) is 7.14. The minimum Gasteiger partial charge on any atom is -0.378 e. The lowest BCUT2D eigenvalue weighted by molar-refractivity contribution is -0.126. The zero-order valence-corrected chi connectivity index (χ0v) is 46.6. The van der Waals surface area contributed by atoms with Crippen molar-refractivity contribution < 1.29 is 46.4 Å². The largest absolute Gasteiger partial charge is 0.378 e. The number of hydrogen-bond acceptors (Lipinski definition) is 14. The third kappa shape index (κ3) is 20.0. The second-order valence-electron chi connectivity index (χ2n) is 17.8. The van der Waals surface area contributed by atoms with Gasteiger partial charge >= 0.3 is 0 Å². The molecule has 6 rings (SSSR count). The lowest BCUT2D eigenvalue weighted by Crippen LogP contribution is -2.31. The third-order valence-electron chi connectivity index (χ3n) is 12.1. The number of rotatable bonds is 33. The number of fused-ring (bicyclic) bond motifs is 2. The van der Waals surface area contributed by atoms with Crippen LogP contribution in [0.5, 0.6) is 0 Å². The quantitative estimate of drug-likeness (QED) is 0.0280. The van der Waals surface area contributed by atoms with E-state index in [4.69, 9.17) is 74.8 Å². The van der Waals surface area contributed by atoms with Gasteiger partial charge in [-0.05, 0) is 108 Å². The van der Waals surface area contributed by atoms with E-state index in [-0.39, 0.29) is 61.1 Å². The van der Waals surface area contributed by atoms with Crippen LogP contribution in [0.25, 0.3) is 0 Å². The summed E-state index contributed by atoms with van der Waals surface area (Å²) in [6.45, 7) is 8.75. The fraction of sp³-hybridized carbons (Fsp3) is 0.500. The van der Waals surface area contributed by atoms with Gasteiger partial charge in [-0.25, -0.2) is 13.1 Å². The minimum absolute atomic E-state index is 0.0598. The lowest BCUT2D eigenvalue weighted by Gasteiger charge is -2.33. The third-order valence-corrected chi connectivity index (χ3v) is 15.5. The summed E-state index contributed by atoms with van der Waals surface area (Å²) >= 11 is 27.4. The Balaban J connectivity index is 0.678. The maximum Gasteiger partial charge on any atom is 0.240 e. The Bertz CT molecular complexity index is 2540. The summed E-state index contributed by atoms with van der Waals surface area (Å²) in [6.07, 6.45) is 0.123. The van der Waals surface area contributed by atoms with Crippen LogP contribution in [0.2, 0.25) is 20.1 Å². The Morgan fingerprint density at radius 2 is 1.00 bits per heavy atom. The Morgan fingerprint density at radius 1 is 0.568 bits per heavy atom. The van der Waals surface area contributed by atoms with E-state index in [1.807, 2.05) is 31.3 Å². The zero-order chi connectivity index (χ0) is 52.7. The molecule has 16 nitrogen and oxygen atoms in total. The highest BCUT2D eigenvalue weighted by atomic mass is 35.5. The van der Waals surface area contributed by atoms with E-state index in [1.54, 1.807) is 36.2 Å². The van der Waals surface area contributed by atoms with Crippen LogP contribution in [-0.4, -0.2) is 163 Å². The molecule has 2 aliphatic rings. The van der Waals surface area contributed by atoms with Crippen LogP contribution in [-0.2, 0) is 61.1 Å². The average Bonchev–Trinajstić information content (AvgIpc) is 3.37. The predicted molar refractivity (Wildman–Crippen MR) is 291 cm³/mol. The van der Waals surface area contributed by atoms with E-state index >= 15 is 0 Å². The van der Waals surface area contributed by atoms with Crippen molar-refractivity contribution in [3.05, 3.63) is 126 Å². The van der Waals surface area contributed by atoms with Crippen LogP contribution >= 0.6 is 58.4 Å². The molecule has 2 heterocycles. The van der Waals surface area contributed by atoms with Gasteiger partial charge in [0.05, 0.1) is 84.2 Å². The average molecular weight is 1140 g/mol. The van der Waals surface area contributed by atoms with Crippen molar-refractivity contribution in [2.75, 3.05) is 133 Å². The first-order valence-electron chi connectivity index (χ1n) is 24.7. The highest BCUT2D eigenvalue weighted by molar-refractivity contribution is 7.97. The molecule has 0 fully saturated rings. The lowest BCUT2D eigenvalue weighted by atomic mass is 9.85. The summed E-state index contributed by atoms with van der Waals surface area (Å²) in [5.41, 5.74) is 6.41. The van der Waals surface area contributed by atoms with E-state index in [2.05, 4.69) is 61.2 Å². The highest BCUT2D eigenvalue weighted by Gasteiger charge is 2.29. The molecule has 0 radical (unpaired) electrons. The van der Waals surface area contributed by atoms with Crippen molar-refractivity contribution in [3.63, 3.8) is 0 Å². The fourth-order valence-corrected chi connectivity index (χ4v) is 11.4. The van der Waals surface area contributed by atoms with E-state index in [0.717, 1.165) is 40.2 Å². The van der Waals surface area contributed by atoms with Gasteiger partial charge in [-0.1, -0.05) is 70.7 Å². The molecule has 0 bridgehead atoms. The molecule has 74 heavy (non-hydrogen) atoms. The smallest absolute Gasteiger partial charge is 0.240 e. The van der Waals surface area contributed by atoms with Gasteiger partial charge in [0.1, 0.15) is 0 Å². The standard InChI is InChI=1S/C52H68Cl4N6O10S2/c1-61-33-45(43-29-39(53)31-49(55)47(43)35-61)37-5-3-7-41(27-37)73-59-13-17-69-21-25-71-23-19-67-15-11-57-51(63)9-10-52(64)58-12-16-68-20-24-72-26-22-70-18-14-60-74(65,66)42-8-4-6-38(28-42)46-34-62(2)36-48-44(46)30-40(54)32-50(48)56/h3-8,27-32,45-46,59-60H,9-26,33-36H2,1-2H3,(H,57,63)(H,58,64). The number of likely N-dealkylation sites (N-methyl/N-ethyl adjacent to an activating group) is 2. The number of carbonyl (C=O) groups is 2. The molecule has 0 spiro atoms. The van der Waals surface area contributed by atoms with Crippen molar-refractivity contribution in [3.8, 4) is 0 Å². The molecule has 0 aromatic heterocycles. The zero-order valence-electron chi connectivity index (χ0n) is 41.9. The van der Waals surface area contributed by atoms with Gasteiger partial charge in [0.2, 0.25) is 21.8 Å². The van der Waals surface area contributed by atoms with Gasteiger partial charge in [0.15, 0.2) is 0 Å². The monoisotopic (exact) mass is 1140 g/mol. The van der Waals surface area contributed by atoms with E-state index in [9.17, 15) is 18.0 Å². The molecule has 2 aliphatic heterocycles. The van der Waals surface area contributed by atoms with Crippen molar-refractivity contribution >= 4 is 80.2 Å². The van der Waals surface area contributed by atoms with Gasteiger partial charge < -0.3 is 48.9 Å². The fourth-order valence-electron chi connectivity index (χ4n) is 8.55. The van der Waals surface area contributed by atoms with Crippen LogP contribution in [0.4, 0.5) is 0 Å². The van der Waals surface area contributed by atoms with E-state index < -0.39 is 10.0 Å². The SMILES string of the molecule is CN1Cc2c(Cl)cc(Cl)cc2C(c2cccc(SNCCOCCOCCOCCNC(=O)CCC(=O)NCCOCCOCCOCCNS(=O)(=O)c3cccc(C4CN(C)Cc5c(Cl)cc(Cl)cc54)c3)c2)C1. The summed E-state index contributed by atoms with van der Waals surface area (Å²) in [7, 11) is 0.337. The second-order valence-corrected chi connectivity index (χ2v) is 22.2. The highest BCUT2D eigenvalue weighted by Crippen LogP contribution is 2.40. The van der Waals surface area contributed by atoms with Gasteiger partial charge in [-0.3, -0.25) is 14.3 Å². The number of ether oxygens (including phenoxy) is 6.